The molecule has 0 saturated heterocycles. The fourth-order valence-electron chi connectivity index (χ4n) is 7.23. The highest BCUT2D eigenvalue weighted by molar-refractivity contribution is 6.26. The molecule has 0 amide bonds. The third-order valence-electron chi connectivity index (χ3n) is 9.26. The summed E-state index contributed by atoms with van der Waals surface area (Å²) in [5.41, 5.74) is 9.62. The highest BCUT2D eigenvalue weighted by atomic mass is 14.6. The molecule has 0 fully saturated rings. The van der Waals surface area contributed by atoms with Gasteiger partial charge in [-0.2, -0.15) is 0 Å². The summed E-state index contributed by atoms with van der Waals surface area (Å²) in [6.45, 7) is 0. The van der Waals surface area contributed by atoms with Crippen LogP contribution in [0.1, 0.15) is 0 Å². The molecule has 0 spiro atoms. The van der Waals surface area contributed by atoms with Crippen LogP contribution in [0.25, 0.3) is 87.6 Å². The minimum atomic E-state index is 1.15. The summed E-state index contributed by atoms with van der Waals surface area (Å²) in [7, 11) is 0. The highest BCUT2D eigenvalue weighted by Crippen LogP contribution is 2.49. The van der Waals surface area contributed by atoms with Gasteiger partial charge in [0.2, 0.25) is 0 Å². The number of aromatic nitrogens is 2. The Balaban J connectivity index is 1.50. The average Bonchev–Trinajstić information content (AvgIpc) is 3.14. The molecule has 2 aromatic heterocycles. The quantitative estimate of drug-likeness (QED) is 0.152. The van der Waals surface area contributed by atoms with Gasteiger partial charge >= 0.3 is 0 Å². The van der Waals surface area contributed by atoms with E-state index in [2.05, 4.69) is 156 Å². The van der Waals surface area contributed by atoms with E-state index in [0.29, 0.717) is 0 Å². The zero-order valence-electron chi connectivity index (χ0n) is 25.1. The Labute approximate surface area is 267 Å². The van der Waals surface area contributed by atoms with Gasteiger partial charge in [-0.3, -0.25) is 9.97 Å². The van der Waals surface area contributed by atoms with E-state index < -0.39 is 0 Å². The molecule has 7 aromatic carbocycles. The zero-order valence-corrected chi connectivity index (χ0v) is 25.1. The number of fused-ring (bicyclic) bond motifs is 5. The second-order valence-corrected chi connectivity index (χ2v) is 11.8. The SMILES string of the molecule is c1ccc(-c2c3ccccc3c(-c3ccccc3-c3ccncc3)c3cc4c(ccc5ccccc54)cc23)c(-c2ccncc2)c1. The van der Waals surface area contributed by atoms with Gasteiger partial charge < -0.3 is 0 Å². The number of hydrogen-bond donors (Lipinski definition) is 0. The summed E-state index contributed by atoms with van der Waals surface area (Å²) >= 11 is 0. The van der Waals surface area contributed by atoms with Crippen LogP contribution in [0, 0.1) is 0 Å². The molecule has 0 aliphatic carbocycles. The average molecular weight is 585 g/mol. The second-order valence-electron chi connectivity index (χ2n) is 11.8. The van der Waals surface area contributed by atoms with Gasteiger partial charge in [0, 0.05) is 24.8 Å². The lowest BCUT2D eigenvalue weighted by atomic mass is 9.81. The van der Waals surface area contributed by atoms with E-state index in [1.165, 1.54) is 76.5 Å². The van der Waals surface area contributed by atoms with Crippen LogP contribution in [0.2, 0.25) is 0 Å². The summed E-state index contributed by atoms with van der Waals surface area (Å²) in [5, 5.41) is 9.95. The summed E-state index contributed by atoms with van der Waals surface area (Å²) in [4.78, 5) is 8.62. The van der Waals surface area contributed by atoms with Crippen molar-refractivity contribution in [2.75, 3.05) is 0 Å². The Bertz CT molecular complexity index is 2570. The third kappa shape index (κ3) is 4.19. The molecule has 9 aromatic rings. The summed E-state index contributed by atoms with van der Waals surface area (Å²) in [6, 6.07) is 53.0. The maximum atomic E-state index is 4.31. The zero-order chi connectivity index (χ0) is 30.5. The predicted molar refractivity (Wildman–Crippen MR) is 194 cm³/mol. The van der Waals surface area contributed by atoms with Crippen LogP contribution in [0.15, 0.2) is 170 Å². The Morgan fingerprint density at radius 1 is 0.283 bits per heavy atom. The van der Waals surface area contributed by atoms with Crippen LogP contribution in [-0.2, 0) is 0 Å². The first-order chi connectivity index (χ1) is 22.8. The number of hydrogen-bond acceptors (Lipinski definition) is 2. The van der Waals surface area contributed by atoms with E-state index in [-0.39, 0.29) is 0 Å². The molecule has 46 heavy (non-hydrogen) atoms. The molecule has 2 nitrogen and oxygen atoms in total. The van der Waals surface area contributed by atoms with E-state index in [9.17, 15) is 0 Å². The molecule has 0 radical (unpaired) electrons. The number of benzene rings is 7. The van der Waals surface area contributed by atoms with Crippen molar-refractivity contribution in [3.63, 3.8) is 0 Å². The molecular formula is C44H28N2. The molecule has 9 rings (SSSR count). The lowest BCUT2D eigenvalue weighted by molar-refractivity contribution is 1.33. The third-order valence-corrected chi connectivity index (χ3v) is 9.26. The molecule has 2 heterocycles. The van der Waals surface area contributed by atoms with Crippen molar-refractivity contribution < 1.29 is 0 Å². The number of rotatable bonds is 4. The largest absolute Gasteiger partial charge is 0.265 e. The smallest absolute Gasteiger partial charge is 0.0273 e. The number of nitrogens with zero attached hydrogens (tertiary/aromatic N) is 2. The molecule has 0 atom stereocenters. The van der Waals surface area contributed by atoms with Gasteiger partial charge in [-0.1, -0.05) is 109 Å². The standard InChI is InChI=1S/C44H28N2/c1-2-12-35-29(9-1)17-18-32-27-41-42(28-40(32)35)44(37-14-6-4-11-34(37)31-21-25-46-26-22-31)39-16-8-7-15-38(39)43(41)36-13-5-3-10-33(36)30-19-23-45-24-20-30/h1-28H. The van der Waals surface area contributed by atoms with Crippen LogP contribution in [-0.4, -0.2) is 9.97 Å². The van der Waals surface area contributed by atoms with E-state index in [1.54, 1.807) is 0 Å². The maximum Gasteiger partial charge on any atom is 0.0273 e. The van der Waals surface area contributed by atoms with Crippen LogP contribution in [0.5, 0.6) is 0 Å². The fourth-order valence-corrected chi connectivity index (χ4v) is 7.23. The Morgan fingerprint density at radius 3 is 1.28 bits per heavy atom. The van der Waals surface area contributed by atoms with Crippen LogP contribution in [0.4, 0.5) is 0 Å². The Kier molecular flexibility index (Phi) is 6.17. The van der Waals surface area contributed by atoms with Crippen molar-refractivity contribution in [1.82, 2.24) is 9.97 Å². The van der Waals surface area contributed by atoms with Gasteiger partial charge in [0.05, 0.1) is 0 Å². The summed E-state index contributed by atoms with van der Waals surface area (Å²) < 4.78 is 0. The van der Waals surface area contributed by atoms with Crippen LogP contribution >= 0.6 is 0 Å². The van der Waals surface area contributed by atoms with Crippen molar-refractivity contribution in [2.24, 2.45) is 0 Å². The van der Waals surface area contributed by atoms with Gasteiger partial charge in [0.15, 0.2) is 0 Å². The maximum absolute atomic E-state index is 4.31. The van der Waals surface area contributed by atoms with Gasteiger partial charge in [0.25, 0.3) is 0 Å². The van der Waals surface area contributed by atoms with E-state index in [0.717, 1.165) is 11.1 Å². The molecule has 0 aliphatic rings. The van der Waals surface area contributed by atoms with Gasteiger partial charge in [-0.05, 0) is 124 Å². The van der Waals surface area contributed by atoms with Gasteiger partial charge in [-0.15, -0.1) is 0 Å². The van der Waals surface area contributed by atoms with Crippen molar-refractivity contribution in [3.05, 3.63) is 170 Å². The molecule has 214 valence electrons. The monoisotopic (exact) mass is 584 g/mol. The van der Waals surface area contributed by atoms with E-state index >= 15 is 0 Å². The molecule has 0 saturated carbocycles. The first-order valence-electron chi connectivity index (χ1n) is 15.6. The normalized spacial score (nSPS) is 11.5. The fraction of sp³-hybridized carbons (Fsp3) is 0. The van der Waals surface area contributed by atoms with Gasteiger partial charge in [0.1, 0.15) is 0 Å². The molecule has 0 unspecified atom stereocenters. The molecule has 0 aliphatic heterocycles. The van der Waals surface area contributed by atoms with Crippen molar-refractivity contribution >= 4 is 43.1 Å². The van der Waals surface area contributed by atoms with Crippen molar-refractivity contribution in [2.45, 2.75) is 0 Å². The van der Waals surface area contributed by atoms with Crippen molar-refractivity contribution in [1.29, 1.82) is 0 Å². The van der Waals surface area contributed by atoms with E-state index in [1.807, 2.05) is 24.8 Å². The molecule has 2 heteroatoms. The first-order valence-corrected chi connectivity index (χ1v) is 15.6. The molecule has 0 bridgehead atoms. The minimum absolute atomic E-state index is 1.15. The van der Waals surface area contributed by atoms with Gasteiger partial charge in [-0.25, -0.2) is 0 Å². The van der Waals surface area contributed by atoms with Crippen molar-refractivity contribution in [3.8, 4) is 44.5 Å². The second kappa shape index (κ2) is 10.8. The summed E-state index contributed by atoms with van der Waals surface area (Å²) in [6.07, 6.45) is 7.50. The minimum Gasteiger partial charge on any atom is -0.265 e. The Morgan fingerprint density at radius 2 is 0.717 bits per heavy atom. The molecule has 0 N–H and O–H groups in total. The first kappa shape index (κ1) is 26.3. The predicted octanol–water partition coefficient (Wildman–Crippen LogP) is 11.8. The van der Waals surface area contributed by atoms with E-state index in [4.69, 9.17) is 0 Å². The Hall–Kier alpha value is -6.12. The lowest BCUT2D eigenvalue weighted by Crippen LogP contribution is -1.94. The topological polar surface area (TPSA) is 25.8 Å². The highest BCUT2D eigenvalue weighted by Gasteiger charge is 2.21. The summed E-state index contributed by atoms with van der Waals surface area (Å²) in [5.74, 6) is 0. The lowest BCUT2D eigenvalue weighted by Gasteiger charge is -2.22. The number of pyridine rings is 2. The van der Waals surface area contributed by atoms with Crippen LogP contribution in [0.3, 0.4) is 0 Å². The molecular weight excluding hydrogens is 556 g/mol. The van der Waals surface area contributed by atoms with Crippen LogP contribution < -0.4 is 0 Å².